The number of aliphatic hydroxyl groups excluding tert-OH is 1. The second-order valence-corrected chi connectivity index (χ2v) is 18.9. The molecule has 0 fully saturated rings. The topological polar surface area (TPSA) is 181 Å². The fraction of sp³-hybridized carbons (Fsp3) is 0.628. The zero-order valence-electron chi connectivity index (χ0n) is 40.5. The molecule has 0 spiro atoms. The molecule has 0 unspecified atom stereocenters. The van der Waals surface area contributed by atoms with Crippen molar-refractivity contribution in [3.05, 3.63) is 71.8 Å². The molecule has 0 radical (unpaired) electrons. The third-order valence-electron chi connectivity index (χ3n) is 7.65. The van der Waals surface area contributed by atoms with Crippen LogP contribution < -0.4 is 51.4 Å². The van der Waals surface area contributed by atoms with Crippen LogP contribution in [0.3, 0.4) is 0 Å². The van der Waals surface area contributed by atoms with Crippen molar-refractivity contribution in [2.45, 2.75) is 126 Å². The Labute approximate surface area is 470 Å². The van der Waals surface area contributed by atoms with E-state index >= 15 is 0 Å². The quantitative estimate of drug-likeness (QED) is 0.0413. The fourth-order valence-electron chi connectivity index (χ4n) is 4.10. The van der Waals surface area contributed by atoms with Crippen molar-refractivity contribution in [2.24, 2.45) is 23.7 Å². The molecule has 2 aromatic rings. The molecule has 4 atom stereocenters. The number of halogens is 2. The fourth-order valence-corrected chi connectivity index (χ4v) is 4.83. The van der Waals surface area contributed by atoms with Gasteiger partial charge in [0.1, 0.15) is 0 Å². The molecule has 62 heavy (non-hydrogen) atoms. The minimum atomic E-state index is -3.49. The molecule has 0 aromatic heterocycles. The van der Waals surface area contributed by atoms with Crippen LogP contribution in [0.15, 0.2) is 60.7 Å². The molecule has 19 heteroatoms. The summed E-state index contributed by atoms with van der Waals surface area (Å²) in [6, 6.07) is 19.8. The molecule has 0 amide bonds. The van der Waals surface area contributed by atoms with Gasteiger partial charge in [-0.1, -0.05) is 88.4 Å². The molecular formula is C43H70Cl2K3O13P. The number of carbonyl (C=O) groups excluding carboxylic acids is 3. The average Bonchev–Trinajstić information content (AvgIpc) is 3.19. The number of carbonyl (C=O) groups is 4. The number of hydrogen-bond donors (Lipinski definition) is 2. The predicted octanol–water partition coefficient (Wildman–Crippen LogP) is 6.37. The molecular weight excluding hydrogens is 944 g/mol. The zero-order valence-corrected chi connectivity index (χ0v) is 51.2. The van der Waals surface area contributed by atoms with Gasteiger partial charge in [-0.3, -0.25) is 23.7 Å². The molecule has 0 saturated heterocycles. The first-order valence-electron chi connectivity index (χ1n) is 20.9. The van der Waals surface area contributed by atoms with E-state index in [4.69, 9.17) is 56.4 Å². The molecule has 0 aliphatic rings. The predicted molar refractivity (Wildman–Crippen MR) is 244 cm³/mol. The number of aliphatic hydroxyl groups is 1. The Hall–Kier alpha value is 1.88. The summed E-state index contributed by atoms with van der Waals surface area (Å²) in [4.78, 5) is 44.4. The van der Waals surface area contributed by atoms with Gasteiger partial charge in [0, 0.05) is 19.8 Å². The molecule has 2 aromatic carbocycles. The molecule has 0 bridgehead atoms. The minimum absolute atomic E-state index is 0. The van der Waals surface area contributed by atoms with E-state index in [1.54, 1.807) is 34.6 Å². The van der Waals surface area contributed by atoms with Gasteiger partial charge in [0.05, 0.1) is 61.8 Å². The number of carboxylic acid groups (broad SMARTS) is 1. The summed E-state index contributed by atoms with van der Waals surface area (Å²) < 4.78 is 41.3. The second kappa shape index (κ2) is 45.3. The van der Waals surface area contributed by atoms with E-state index in [0.717, 1.165) is 11.1 Å². The molecule has 13 nitrogen and oxygen atoms in total. The van der Waals surface area contributed by atoms with Crippen molar-refractivity contribution >= 4 is 116 Å². The monoisotopic (exact) mass is 1010 g/mol. The van der Waals surface area contributed by atoms with Crippen molar-refractivity contribution in [2.75, 3.05) is 26.4 Å². The summed E-state index contributed by atoms with van der Waals surface area (Å²) in [5.41, 5.74) is 2.26. The Morgan fingerprint density at radius 1 is 0.581 bits per heavy atom. The third-order valence-corrected chi connectivity index (χ3v) is 8.72. The molecule has 2 N–H and O–H groups in total. The Kier molecular flexibility index (Phi) is 51.5. The Morgan fingerprint density at radius 2 is 0.887 bits per heavy atom. The van der Waals surface area contributed by atoms with Crippen LogP contribution in [-0.2, 0) is 65.2 Å². The van der Waals surface area contributed by atoms with Crippen LogP contribution in [0.4, 0.5) is 0 Å². The normalized spacial score (nSPS) is 12.5. The van der Waals surface area contributed by atoms with E-state index in [0.29, 0.717) is 52.1 Å². The molecule has 0 aliphatic heterocycles. The molecule has 0 heterocycles. The summed E-state index contributed by atoms with van der Waals surface area (Å²) in [5.74, 6) is -2.41. The number of rotatable bonds is 23. The standard InChI is InChI=1S/C15H22O3.C12H16O3.C8H15Cl2O4P.C8H16O3.3K.H/c1-12(2)18-15(16)13(3)9-10-17-11-14-7-5-4-6-8-14;1-10(12(13)14)7-8-15-9-11-5-3-2-4-6-11;1-6(2)14-8(11)7(3)4-5-13-15(9,10)12;1-6(2)11-8(10)7(3)4-5-9;;;;/h4-8,12-13H,9-11H2,1-3H3;2-6,10H,7-9H2,1H3,(H,13,14);6-7H,4-5H2,1-3H3;6-7,9H,4-5H2,1-3H3;;;;/q;;;;;;+1;-1/t13-;10-;2*7-;;;;/m0000..../s1. The van der Waals surface area contributed by atoms with Crippen molar-refractivity contribution in [1.29, 1.82) is 0 Å². The van der Waals surface area contributed by atoms with E-state index in [-0.39, 0.29) is 126 Å². The van der Waals surface area contributed by atoms with E-state index in [1.807, 2.05) is 95.3 Å². The average molecular weight is 1010 g/mol. The molecule has 2 rings (SSSR count). The summed E-state index contributed by atoms with van der Waals surface area (Å²) in [7, 11) is 0. The van der Waals surface area contributed by atoms with Gasteiger partial charge in [-0.15, -0.1) is 0 Å². The van der Waals surface area contributed by atoms with Crippen molar-refractivity contribution in [1.82, 2.24) is 0 Å². The van der Waals surface area contributed by atoms with Crippen LogP contribution in [0.1, 0.15) is 107 Å². The van der Waals surface area contributed by atoms with Crippen molar-refractivity contribution in [3.8, 4) is 0 Å². The van der Waals surface area contributed by atoms with Crippen molar-refractivity contribution < 1.29 is 115 Å². The number of esters is 3. The van der Waals surface area contributed by atoms with Crippen molar-refractivity contribution in [3.63, 3.8) is 0 Å². The number of benzene rings is 2. The number of ether oxygens (including phenoxy) is 5. The summed E-state index contributed by atoms with van der Waals surface area (Å²) in [6.07, 6.45) is -1.65. The van der Waals surface area contributed by atoms with Gasteiger partial charge in [-0.05, 0) is 101 Å². The van der Waals surface area contributed by atoms with E-state index in [1.165, 1.54) is 63.2 Å². The Morgan fingerprint density at radius 3 is 1.18 bits per heavy atom. The number of aliphatic carboxylic acids is 1. The van der Waals surface area contributed by atoms with Crippen LogP contribution >= 0.6 is 28.6 Å². The van der Waals surface area contributed by atoms with Gasteiger partial charge in [-0.2, -0.15) is 0 Å². The second-order valence-electron chi connectivity index (χ2n) is 14.6. The van der Waals surface area contributed by atoms with Gasteiger partial charge in [0.25, 0.3) is 0 Å². The van der Waals surface area contributed by atoms with Crippen LogP contribution in [0, 0.1) is 23.7 Å². The third kappa shape index (κ3) is 47.0. The van der Waals surface area contributed by atoms with Gasteiger partial charge >= 0.3 is 144 Å². The number of carboxylic acids is 1. The Balaban J connectivity index is -0.000000234. The molecule has 0 saturated carbocycles. The van der Waals surface area contributed by atoms with Crippen LogP contribution in [0.25, 0.3) is 0 Å². The first-order chi connectivity index (χ1) is 28.6. The van der Waals surface area contributed by atoms with Crippen LogP contribution in [0.2, 0.25) is 0 Å². The van der Waals surface area contributed by atoms with Crippen LogP contribution in [-0.4, -0.2) is 142 Å². The van der Waals surface area contributed by atoms with Gasteiger partial charge in [0.2, 0.25) is 0 Å². The SMILES string of the molecule is CC(C)OC(=O)[C@@H](C)CCO.CC(C)OC(=O)[C@@H](C)CCOCc1ccccc1.CC(C)OC(=O)[C@@H](C)CCOP(=O)(Cl)Cl.C[C@@H](CCOCc1ccccc1)C(=O)O.[H-].[K+].[K][K]. The van der Waals surface area contributed by atoms with E-state index < -0.39 is 12.0 Å². The Bertz CT molecular complexity index is 1460. The van der Waals surface area contributed by atoms with E-state index in [2.05, 4.69) is 4.52 Å². The first kappa shape index (κ1) is 70.4. The van der Waals surface area contributed by atoms with Gasteiger partial charge in [0.15, 0.2) is 0 Å². The number of hydrogen-bond acceptors (Lipinski definition) is 12. The zero-order chi connectivity index (χ0) is 47.4. The maximum absolute atomic E-state index is 11.5. The first-order valence-corrected chi connectivity index (χ1v) is 40.3. The van der Waals surface area contributed by atoms with E-state index in [9.17, 15) is 23.7 Å². The molecule has 0 aliphatic carbocycles. The summed E-state index contributed by atoms with van der Waals surface area (Å²) in [6.45, 7) is 20.2. The summed E-state index contributed by atoms with van der Waals surface area (Å²) in [5, 5.41) is 17.2. The maximum atomic E-state index is 11.5. The summed E-state index contributed by atoms with van der Waals surface area (Å²) >= 11 is 12.8. The molecule has 342 valence electrons. The van der Waals surface area contributed by atoms with Crippen LogP contribution in [0.5, 0.6) is 0 Å². The van der Waals surface area contributed by atoms with Gasteiger partial charge in [-0.25, -0.2) is 0 Å². The van der Waals surface area contributed by atoms with Gasteiger partial charge < -0.3 is 39.8 Å².